The summed E-state index contributed by atoms with van der Waals surface area (Å²) in [7, 11) is 0. The fraction of sp³-hybridized carbons (Fsp3) is 0.200. The van der Waals surface area contributed by atoms with E-state index in [4.69, 9.17) is 30.2 Å². The van der Waals surface area contributed by atoms with Gasteiger partial charge in [-0.15, -0.1) is 0 Å². The average Bonchev–Trinajstić information content (AvgIpc) is 3.33. The van der Waals surface area contributed by atoms with E-state index in [-0.39, 0.29) is 30.4 Å². The van der Waals surface area contributed by atoms with Crippen LogP contribution in [0.3, 0.4) is 0 Å². The zero-order valence-electron chi connectivity index (χ0n) is 14.9. The monoisotopic (exact) mass is 398 g/mol. The lowest BCUT2D eigenvalue weighted by molar-refractivity contribution is -0.0180. The summed E-state index contributed by atoms with van der Waals surface area (Å²) in [5.74, 6) is 0.526. The van der Waals surface area contributed by atoms with Gasteiger partial charge in [0.1, 0.15) is 35.3 Å². The van der Waals surface area contributed by atoms with Crippen molar-refractivity contribution in [3.8, 4) is 17.7 Å². The molecular weight excluding hydrogens is 384 g/mol. The van der Waals surface area contributed by atoms with Gasteiger partial charge in [-0.25, -0.2) is 4.79 Å². The second-order valence-electron chi connectivity index (χ2n) is 6.16. The maximum absolute atomic E-state index is 12.7. The number of nitrogens with zero attached hydrogens (tertiary/aromatic N) is 2. The van der Waals surface area contributed by atoms with Crippen LogP contribution in [0.1, 0.15) is 32.8 Å². The molecule has 1 aliphatic rings. The summed E-state index contributed by atoms with van der Waals surface area (Å²) in [6.45, 7) is 2.05. The molecule has 1 aromatic carbocycles. The Labute approximate surface area is 165 Å². The number of furan rings is 1. The molecule has 0 saturated heterocycles. The van der Waals surface area contributed by atoms with Crippen LogP contribution in [0.2, 0.25) is 5.02 Å². The number of ether oxygens (including phenoxy) is 3. The van der Waals surface area contributed by atoms with Crippen molar-refractivity contribution in [3.05, 3.63) is 69.7 Å². The van der Waals surface area contributed by atoms with Crippen molar-refractivity contribution in [2.24, 2.45) is 0 Å². The van der Waals surface area contributed by atoms with Gasteiger partial charge in [0, 0.05) is 28.5 Å². The number of hydrogen-bond acceptors (Lipinski definition) is 6. The first kappa shape index (κ1) is 18.2. The van der Waals surface area contributed by atoms with Crippen molar-refractivity contribution >= 4 is 17.6 Å². The average molecular weight is 399 g/mol. The summed E-state index contributed by atoms with van der Waals surface area (Å²) in [6, 6.07) is 9.05. The third kappa shape index (κ3) is 3.24. The molecule has 3 heterocycles. The first-order chi connectivity index (χ1) is 13.6. The Morgan fingerprint density at radius 1 is 1.36 bits per heavy atom. The minimum atomic E-state index is -0.656. The number of fused-ring (bicyclic) bond motifs is 1. The number of aryl methyl sites for hydroxylation is 1. The van der Waals surface area contributed by atoms with Gasteiger partial charge in [0.25, 0.3) is 0 Å². The molecule has 142 valence electrons. The Kier molecular flexibility index (Phi) is 4.82. The highest BCUT2D eigenvalue weighted by Crippen LogP contribution is 2.33. The normalized spacial score (nSPS) is 12.8. The van der Waals surface area contributed by atoms with E-state index in [1.807, 2.05) is 6.07 Å². The number of nitriles is 1. The van der Waals surface area contributed by atoms with Crippen molar-refractivity contribution in [1.82, 2.24) is 4.57 Å². The molecular formula is C20H15ClN2O5. The number of hydrogen-bond donors (Lipinski definition) is 0. The van der Waals surface area contributed by atoms with E-state index in [9.17, 15) is 10.1 Å². The maximum Gasteiger partial charge on any atom is 0.343 e. The van der Waals surface area contributed by atoms with Crippen LogP contribution in [-0.2, 0) is 22.7 Å². The lowest BCUT2D eigenvalue weighted by atomic mass is 10.1. The number of aromatic nitrogens is 1. The molecule has 0 fully saturated rings. The number of carbonyl (C=O) groups excluding carboxylic acids is 1. The van der Waals surface area contributed by atoms with Crippen molar-refractivity contribution in [2.45, 2.75) is 20.1 Å². The summed E-state index contributed by atoms with van der Waals surface area (Å²) < 4.78 is 23.5. The molecule has 0 amide bonds. The fourth-order valence-electron chi connectivity index (χ4n) is 3.11. The number of halogens is 1. The van der Waals surface area contributed by atoms with Crippen LogP contribution in [0.25, 0.3) is 5.88 Å². The van der Waals surface area contributed by atoms with Crippen molar-refractivity contribution in [3.63, 3.8) is 0 Å². The van der Waals surface area contributed by atoms with Crippen LogP contribution in [0.4, 0.5) is 0 Å². The number of carbonyl (C=O) groups is 1. The van der Waals surface area contributed by atoms with Gasteiger partial charge in [0.2, 0.25) is 5.88 Å². The first-order valence-corrected chi connectivity index (χ1v) is 8.82. The SMILES string of the molecule is Cc1oc(-n2cccc2)c(C#N)c1C(=O)OCc1cc(Cl)cc2c1OCOC2. The highest BCUT2D eigenvalue weighted by Gasteiger charge is 2.26. The predicted octanol–water partition coefficient (Wildman–Crippen LogP) is 4.13. The lowest BCUT2D eigenvalue weighted by Crippen LogP contribution is -2.14. The Morgan fingerprint density at radius 3 is 2.89 bits per heavy atom. The standard InChI is InChI=1S/C20H15ClN2O5/c1-12-17(16(8-22)19(28-12)23-4-2-3-5-23)20(24)26-10-14-7-15(21)6-13-9-25-11-27-18(13)14/h2-7H,9-11H2,1H3. The Bertz CT molecular complexity index is 1080. The minimum Gasteiger partial charge on any atom is -0.467 e. The van der Waals surface area contributed by atoms with Crippen LogP contribution in [0.15, 0.2) is 41.1 Å². The van der Waals surface area contributed by atoms with Gasteiger partial charge in [0.05, 0.1) is 6.61 Å². The highest BCUT2D eigenvalue weighted by atomic mass is 35.5. The quantitative estimate of drug-likeness (QED) is 0.614. The number of esters is 1. The van der Waals surface area contributed by atoms with E-state index in [0.717, 1.165) is 5.56 Å². The summed E-state index contributed by atoms with van der Waals surface area (Å²) in [5, 5.41) is 10.0. The summed E-state index contributed by atoms with van der Waals surface area (Å²) in [5.41, 5.74) is 1.64. The Hall–Kier alpha value is -3.21. The molecule has 4 rings (SSSR count). The van der Waals surface area contributed by atoms with Crippen LogP contribution in [0, 0.1) is 18.3 Å². The molecule has 2 aromatic heterocycles. The topological polar surface area (TPSA) is 86.6 Å². The first-order valence-electron chi connectivity index (χ1n) is 8.44. The molecule has 1 aliphatic heterocycles. The van der Waals surface area contributed by atoms with Crippen LogP contribution in [0.5, 0.6) is 5.75 Å². The van der Waals surface area contributed by atoms with Gasteiger partial charge >= 0.3 is 5.97 Å². The molecule has 0 N–H and O–H groups in total. The molecule has 0 bridgehead atoms. The van der Waals surface area contributed by atoms with Crippen molar-refractivity contribution in [1.29, 1.82) is 5.26 Å². The van der Waals surface area contributed by atoms with Gasteiger partial charge < -0.3 is 18.6 Å². The smallest absolute Gasteiger partial charge is 0.343 e. The summed E-state index contributed by atoms with van der Waals surface area (Å²) in [4.78, 5) is 12.7. The van der Waals surface area contributed by atoms with E-state index in [0.29, 0.717) is 28.7 Å². The van der Waals surface area contributed by atoms with Gasteiger partial charge in [-0.2, -0.15) is 5.26 Å². The number of benzene rings is 1. The molecule has 0 saturated carbocycles. The zero-order valence-corrected chi connectivity index (χ0v) is 15.7. The van der Waals surface area contributed by atoms with Gasteiger partial charge in [0.15, 0.2) is 6.79 Å². The lowest BCUT2D eigenvalue weighted by Gasteiger charge is -2.21. The molecule has 0 atom stereocenters. The zero-order chi connectivity index (χ0) is 19.7. The van der Waals surface area contributed by atoms with E-state index < -0.39 is 5.97 Å². The van der Waals surface area contributed by atoms with Gasteiger partial charge in [-0.05, 0) is 31.2 Å². The largest absolute Gasteiger partial charge is 0.467 e. The molecule has 28 heavy (non-hydrogen) atoms. The van der Waals surface area contributed by atoms with E-state index in [1.54, 1.807) is 48.1 Å². The molecule has 7 nitrogen and oxygen atoms in total. The van der Waals surface area contributed by atoms with Gasteiger partial charge in [-0.1, -0.05) is 11.6 Å². The number of rotatable bonds is 4. The third-order valence-electron chi connectivity index (χ3n) is 4.33. The third-order valence-corrected chi connectivity index (χ3v) is 4.55. The van der Waals surface area contributed by atoms with Crippen LogP contribution in [-0.4, -0.2) is 17.3 Å². The Balaban J connectivity index is 1.61. The predicted molar refractivity (Wildman–Crippen MR) is 98.3 cm³/mol. The van der Waals surface area contributed by atoms with E-state index in [1.165, 1.54) is 0 Å². The highest BCUT2D eigenvalue weighted by molar-refractivity contribution is 6.30. The molecule has 8 heteroatoms. The molecule has 3 aromatic rings. The van der Waals surface area contributed by atoms with Gasteiger partial charge in [-0.3, -0.25) is 4.57 Å². The second-order valence-corrected chi connectivity index (χ2v) is 6.59. The van der Waals surface area contributed by atoms with E-state index in [2.05, 4.69) is 0 Å². The summed E-state index contributed by atoms with van der Waals surface area (Å²) in [6.07, 6.45) is 3.46. The molecule has 0 spiro atoms. The fourth-order valence-corrected chi connectivity index (χ4v) is 3.37. The molecule has 0 unspecified atom stereocenters. The Morgan fingerprint density at radius 2 is 2.14 bits per heavy atom. The summed E-state index contributed by atoms with van der Waals surface area (Å²) >= 11 is 6.14. The second kappa shape index (κ2) is 7.43. The van der Waals surface area contributed by atoms with Crippen molar-refractivity contribution in [2.75, 3.05) is 6.79 Å². The van der Waals surface area contributed by atoms with Crippen LogP contribution >= 0.6 is 11.6 Å². The van der Waals surface area contributed by atoms with Crippen molar-refractivity contribution < 1.29 is 23.4 Å². The minimum absolute atomic E-state index is 0.0595. The molecule has 0 aliphatic carbocycles. The maximum atomic E-state index is 12.7. The molecule has 0 radical (unpaired) electrons. The van der Waals surface area contributed by atoms with E-state index >= 15 is 0 Å². The van der Waals surface area contributed by atoms with Crippen LogP contribution < -0.4 is 4.74 Å².